The predicted octanol–water partition coefficient (Wildman–Crippen LogP) is 4.87. The highest BCUT2D eigenvalue weighted by atomic mass is 16.1. The van der Waals surface area contributed by atoms with Crippen molar-refractivity contribution in [3.8, 4) is 0 Å². The van der Waals surface area contributed by atoms with Crippen molar-refractivity contribution < 1.29 is 4.79 Å². The Labute approximate surface area is 159 Å². The van der Waals surface area contributed by atoms with Crippen molar-refractivity contribution in [3.63, 3.8) is 0 Å². The van der Waals surface area contributed by atoms with Crippen LogP contribution < -0.4 is 11.1 Å². The van der Waals surface area contributed by atoms with Crippen LogP contribution in [0.3, 0.4) is 0 Å². The van der Waals surface area contributed by atoms with Gasteiger partial charge in [0.05, 0.1) is 17.1 Å². The molecule has 1 amide bonds. The van der Waals surface area contributed by atoms with E-state index >= 15 is 0 Å². The summed E-state index contributed by atoms with van der Waals surface area (Å²) in [5.74, 6) is -0.224. The Morgan fingerprint density at radius 1 is 0.926 bits per heavy atom. The van der Waals surface area contributed by atoms with E-state index in [2.05, 4.69) is 22.4 Å². The van der Waals surface area contributed by atoms with E-state index in [9.17, 15) is 4.79 Å². The summed E-state index contributed by atoms with van der Waals surface area (Å²) in [5, 5.41) is 2.76. The Bertz CT molecular complexity index is 945. The third-order valence-corrected chi connectivity index (χ3v) is 3.95. The van der Waals surface area contributed by atoms with Gasteiger partial charge in [-0.1, -0.05) is 54.6 Å². The van der Waals surface area contributed by atoms with Gasteiger partial charge in [0, 0.05) is 18.7 Å². The third-order valence-electron chi connectivity index (χ3n) is 3.95. The average Bonchev–Trinajstić information content (AvgIpc) is 2.70. The second-order valence-electron chi connectivity index (χ2n) is 6.00. The number of hydrogen-bond acceptors (Lipinski definition) is 3. The van der Waals surface area contributed by atoms with Crippen LogP contribution in [0.15, 0.2) is 89.9 Å². The van der Waals surface area contributed by atoms with Crippen molar-refractivity contribution in [2.45, 2.75) is 6.42 Å². The summed E-state index contributed by atoms with van der Waals surface area (Å²) in [5.41, 5.74) is 9.99. The van der Waals surface area contributed by atoms with Gasteiger partial charge in [0.2, 0.25) is 5.91 Å². The minimum atomic E-state index is -0.224. The summed E-state index contributed by atoms with van der Waals surface area (Å²) in [7, 11) is 0. The van der Waals surface area contributed by atoms with Crippen molar-refractivity contribution in [1.82, 2.24) is 0 Å². The fourth-order valence-electron chi connectivity index (χ4n) is 2.50. The molecule has 0 radical (unpaired) electrons. The first kappa shape index (κ1) is 18.1. The summed E-state index contributed by atoms with van der Waals surface area (Å²) in [6, 6.07) is 25.1. The van der Waals surface area contributed by atoms with Crippen LogP contribution in [0.25, 0.3) is 6.08 Å². The van der Waals surface area contributed by atoms with Gasteiger partial charge in [-0.05, 0) is 41.5 Å². The van der Waals surface area contributed by atoms with E-state index in [1.807, 2.05) is 60.8 Å². The SMILES string of the molecule is Nc1ccccc1NC(=O)C=Cc1ccc(N=CCc2ccccc2)cc1. The molecule has 3 N–H and O–H groups in total. The second-order valence-corrected chi connectivity index (χ2v) is 6.00. The number of hydrogen-bond donors (Lipinski definition) is 2. The lowest BCUT2D eigenvalue weighted by molar-refractivity contribution is -0.111. The molecule has 3 rings (SSSR count). The molecule has 0 saturated carbocycles. The molecule has 0 heterocycles. The predicted molar refractivity (Wildman–Crippen MR) is 113 cm³/mol. The van der Waals surface area contributed by atoms with Gasteiger partial charge < -0.3 is 11.1 Å². The van der Waals surface area contributed by atoms with E-state index in [0.717, 1.165) is 17.7 Å². The van der Waals surface area contributed by atoms with Crippen LogP contribution in [-0.4, -0.2) is 12.1 Å². The maximum absolute atomic E-state index is 12.0. The minimum absolute atomic E-state index is 0.224. The number of nitrogen functional groups attached to an aromatic ring is 1. The number of aliphatic imine (C=N–C) groups is 1. The summed E-state index contributed by atoms with van der Waals surface area (Å²) in [4.78, 5) is 16.5. The largest absolute Gasteiger partial charge is 0.397 e. The molecule has 3 aromatic carbocycles. The molecule has 0 saturated heterocycles. The smallest absolute Gasteiger partial charge is 0.248 e. The maximum atomic E-state index is 12.0. The van der Waals surface area contributed by atoms with Crippen LogP contribution in [0.2, 0.25) is 0 Å². The van der Waals surface area contributed by atoms with E-state index in [1.165, 1.54) is 11.6 Å². The van der Waals surface area contributed by atoms with Crippen LogP contribution in [0, 0.1) is 0 Å². The number of rotatable bonds is 6. The van der Waals surface area contributed by atoms with Crippen molar-refractivity contribution in [2.75, 3.05) is 11.1 Å². The lowest BCUT2D eigenvalue weighted by Gasteiger charge is -2.04. The van der Waals surface area contributed by atoms with Crippen molar-refractivity contribution in [2.24, 2.45) is 4.99 Å². The number of anilines is 2. The molecule has 0 aliphatic heterocycles. The molecule has 0 aliphatic rings. The van der Waals surface area contributed by atoms with E-state index in [-0.39, 0.29) is 5.91 Å². The number of nitrogens with two attached hydrogens (primary N) is 1. The monoisotopic (exact) mass is 355 g/mol. The number of para-hydroxylation sites is 2. The average molecular weight is 355 g/mol. The second kappa shape index (κ2) is 9.15. The number of nitrogens with zero attached hydrogens (tertiary/aromatic N) is 1. The van der Waals surface area contributed by atoms with Crippen molar-refractivity contribution in [3.05, 3.63) is 96.1 Å². The molecule has 0 unspecified atom stereocenters. The van der Waals surface area contributed by atoms with Crippen molar-refractivity contribution >= 4 is 35.3 Å². The van der Waals surface area contributed by atoms with Gasteiger partial charge in [0.25, 0.3) is 0 Å². The van der Waals surface area contributed by atoms with E-state index in [1.54, 1.807) is 18.2 Å². The number of nitrogens with one attached hydrogen (secondary N) is 1. The first-order chi connectivity index (χ1) is 13.2. The number of carbonyl (C=O) groups is 1. The first-order valence-electron chi connectivity index (χ1n) is 8.71. The fraction of sp³-hybridized carbons (Fsp3) is 0.0435. The van der Waals surface area contributed by atoms with E-state index < -0.39 is 0 Å². The standard InChI is InChI=1S/C23H21N3O/c24-21-8-4-5-9-22(21)26-23(27)15-12-19-10-13-20(14-11-19)25-17-16-18-6-2-1-3-7-18/h1-15,17H,16,24H2,(H,26,27). The molecule has 0 aliphatic carbocycles. The molecule has 0 spiro atoms. The third kappa shape index (κ3) is 5.68. The van der Waals surface area contributed by atoms with Crippen LogP contribution in [-0.2, 0) is 11.2 Å². The molecule has 0 atom stereocenters. The highest BCUT2D eigenvalue weighted by Crippen LogP contribution is 2.17. The lowest BCUT2D eigenvalue weighted by Crippen LogP contribution is -2.09. The highest BCUT2D eigenvalue weighted by molar-refractivity contribution is 6.03. The Morgan fingerprint density at radius 2 is 1.63 bits per heavy atom. The van der Waals surface area contributed by atoms with Gasteiger partial charge in [0.1, 0.15) is 0 Å². The molecule has 134 valence electrons. The normalized spacial score (nSPS) is 11.1. The molecule has 4 nitrogen and oxygen atoms in total. The molecule has 0 bridgehead atoms. The zero-order valence-electron chi connectivity index (χ0n) is 14.9. The quantitative estimate of drug-likeness (QED) is 0.376. The van der Waals surface area contributed by atoms with Gasteiger partial charge in [-0.15, -0.1) is 0 Å². The van der Waals surface area contributed by atoms with Gasteiger partial charge in [-0.2, -0.15) is 0 Å². The molecule has 0 aromatic heterocycles. The Morgan fingerprint density at radius 3 is 2.37 bits per heavy atom. The molecule has 4 heteroatoms. The van der Waals surface area contributed by atoms with Gasteiger partial charge in [-0.25, -0.2) is 0 Å². The maximum Gasteiger partial charge on any atom is 0.248 e. The molecule has 0 fully saturated rings. The Kier molecular flexibility index (Phi) is 6.15. The minimum Gasteiger partial charge on any atom is -0.397 e. The molecular weight excluding hydrogens is 334 g/mol. The van der Waals surface area contributed by atoms with Crippen LogP contribution in [0.1, 0.15) is 11.1 Å². The summed E-state index contributed by atoms with van der Waals surface area (Å²) in [6.45, 7) is 0. The topological polar surface area (TPSA) is 67.5 Å². The van der Waals surface area contributed by atoms with Gasteiger partial charge in [-0.3, -0.25) is 9.79 Å². The van der Waals surface area contributed by atoms with E-state index in [0.29, 0.717) is 11.4 Å². The zero-order valence-corrected chi connectivity index (χ0v) is 14.9. The number of benzene rings is 3. The molecule has 27 heavy (non-hydrogen) atoms. The lowest BCUT2D eigenvalue weighted by atomic mass is 10.1. The summed E-state index contributed by atoms with van der Waals surface area (Å²) >= 11 is 0. The molecule has 3 aromatic rings. The van der Waals surface area contributed by atoms with Crippen LogP contribution in [0.5, 0.6) is 0 Å². The fourth-order valence-corrected chi connectivity index (χ4v) is 2.50. The Hall–Kier alpha value is -3.66. The van der Waals surface area contributed by atoms with Gasteiger partial charge >= 0.3 is 0 Å². The zero-order chi connectivity index (χ0) is 18.9. The van der Waals surface area contributed by atoms with Crippen molar-refractivity contribution in [1.29, 1.82) is 0 Å². The first-order valence-corrected chi connectivity index (χ1v) is 8.71. The molecular formula is C23H21N3O. The summed E-state index contributed by atoms with van der Waals surface area (Å²) < 4.78 is 0. The van der Waals surface area contributed by atoms with Crippen LogP contribution >= 0.6 is 0 Å². The number of amides is 1. The number of carbonyl (C=O) groups excluding carboxylic acids is 1. The van der Waals surface area contributed by atoms with E-state index in [4.69, 9.17) is 5.73 Å². The summed E-state index contributed by atoms with van der Waals surface area (Å²) in [6.07, 6.45) is 5.94. The van der Waals surface area contributed by atoms with Crippen LogP contribution in [0.4, 0.5) is 17.1 Å². The highest BCUT2D eigenvalue weighted by Gasteiger charge is 2.00. The van der Waals surface area contributed by atoms with Gasteiger partial charge in [0.15, 0.2) is 0 Å². The Balaban J connectivity index is 1.54.